The molecule has 0 spiro atoms. The first kappa shape index (κ1) is 14.0. The van der Waals surface area contributed by atoms with Gasteiger partial charge in [0.1, 0.15) is 0 Å². The topological polar surface area (TPSA) is 55.2 Å². The Labute approximate surface area is 135 Å². The van der Waals surface area contributed by atoms with Gasteiger partial charge in [-0.3, -0.25) is 10.1 Å². The Kier molecular flexibility index (Phi) is 2.71. The Balaban J connectivity index is 1.83. The average Bonchev–Trinajstić information content (AvgIpc) is 2.80. The van der Waals surface area contributed by atoms with Crippen LogP contribution >= 0.6 is 0 Å². The molecular formula is C19H18N2O2. The van der Waals surface area contributed by atoms with E-state index in [0.717, 1.165) is 16.7 Å². The minimum atomic E-state index is -0.343. The molecule has 1 N–H and O–H groups in total. The van der Waals surface area contributed by atoms with Crippen LogP contribution in [0.15, 0.2) is 53.3 Å². The van der Waals surface area contributed by atoms with Crippen molar-refractivity contribution in [1.82, 2.24) is 5.32 Å². The van der Waals surface area contributed by atoms with Crippen LogP contribution < -0.4 is 5.32 Å². The lowest BCUT2D eigenvalue weighted by Crippen LogP contribution is -2.43. The summed E-state index contributed by atoms with van der Waals surface area (Å²) >= 11 is 0. The molecule has 1 aliphatic heterocycles. The van der Waals surface area contributed by atoms with Gasteiger partial charge in [0.15, 0.2) is 0 Å². The molecule has 1 aromatic rings. The summed E-state index contributed by atoms with van der Waals surface area (Å²) in [7, 11) is 0. The normalized spacial score (nSPS) is 23.3. The van der Waals surface area contributed by atoms with Crippen molar-refractivity contribution in [2.75, 3.05) is 0 Å². The molecule has 4 heteroatoms. The van der Waals surface area contributed by atoms with E-state index in [9.17, 15) is 10.1 Å². The highest BCUT2D eigenvalue weighted by molar-refractivity contribution is 5.98. The number of hydrogen-bond acceptors (Lipinski definition) is 3. The molecule has 0 aromatic heterocycles. The summed E-state index contributed by atoms with van der Waals surface area (Å²) < 4.78 is 0. The van der Waals surface area contributed by atoms with E-state index in [2.05, 4.69) is 44.3 Å². The largest absolute Gasteiger partial charge is 0.379 e. The number of non-ortho nitro benzene ring substituents is 1. The van der Waals surface area contributed by atoms with Crippen LogP contribution in [0.25, 0.3) is 11.6 Å². The van der Waals surface area contributed by atoms with Crippen LogP contribution in [0.3, 0.4) is 0 Å². The molecule has 0 fully saturated rings. The van der Waals surface area contributed by atoms with Crippen molar-refractivity contribution in [3.05, 3.63) is 74.5 Å². The van der Waals surface area contributed by atoms with Crippen LogP contribution in [0.4, 0.5) is 5.69 Å². The molecule has 1 aromatic carbocycles. The van der Waals surface area contributed by atoms with Crippen molar-refractivity contribution >= 4 is 17.3 Å². The van der Waals surface area contributed by atoms with Gasteiger partial charge in [-0.2, -0.15) is 0 Å². The Morgan fingerprint density at radius 1 is 1.26 bits per heavy atom. The smallest absolute Gasteiger partial charge is 0.270 e. The third-order valence-corrected chi connectivity index (χ3v) is 4.68. The maximum atomic E-state index is 11.0. The van der Waals surface area contributed by atoms with Gasteiger partial charge in [-0.25, -0.2) is 0 Å². The SMILES string of the molecule is CC1=CC(C)(C)NC2=CC3=Cc4cc([N+](=O)[O-])ccc4C3=CC12. The van der Waals surface area contributed by atoms with Gasteiger partial charge in [-0.1, -0.05) is 17.7 Å². The maximum absolute atomic E-state index is 11.0. The molecule has 1 unspecified atom stereocenters. The van der Waals surface area contributed by atoms with Crippen LogP contribution in [0.2, 0.25) is 0 Å². The fraction of sp³-hybridized carbons (Fsp3) is 0.263. The molecule has 0 saturated heterocycles. The van der Waals surface area contributed by atoms with Crippen LogP contribution in [-0.4, -0.2) is 10.5 Å². The fourth-order valence-corrected chi connectivity index (χ4v) is 3.81. The van der Waals surface area contributed by atoms with Crippen LogP contribution in [-0.2, 0) is 0 Å². The summed E-state index contributed by atoms with van der Waals surface area (Å²) in [5.74, 6) is 0.260. The second kappa shape index (κ2) is 4.44. The van der Waals surface area contributed by atoms with Gasteiger partial charge in [0.25, 0.3) is 5.69 Å². The lowest BCUT2D eigenvalue weighted by molar-refractivity contribution is -0.384. The molecule has 0 radical (unpaired) electrons. The molecule has 1 atom stereocenters. The molecule has 2 aliphatic carbocycles. The van der Waals surface area contributed by atoms with Crippen molar-refractivity contribution in [3.63, 3.8) is 0 Å². The Morgan fingerprint density at radius 3 is 2.78 bits per heavy atom. The van der Waals surface area contributed by atoms with Crippen molar-refractivity contribution < 1.29 is 4.92 Å². The molecule has 4 nitrogen and oxygen atoms in total. The number of nitrogens with one attached hydrogen (secondary N) is 1. The summed E-state index contributed by atoms with van der Waals surface area (Å²) in [6.07, 6.45) is 8.77. The minimum Gasteiger partial charge on any atom is -0.379 e. The summed E-state index contributed by atoms with van der Waals surface area (Å²) in [4.78, 5) is 10.6. The zero-order valence-electron chi connectivity index (χ0n) is 13.4. The highest BCUT2D eigenvalue weighted by atomic mass is 16.6. The first-order valence-electron chi connectivity index (χ1n) is 7.76. The fourth-order valence-electron chi connectivity index (χ4n) is 3.81. The quantitative estimate of drug-likeness (QED) is 0.480. The van der Waals surface area contributed by atoms with E-state index in [1.807, 2.05) is 12.1 Å². The molecule has 0 amide bonds. The third kappa shape index (κ3) is 2.13. The lowest BCUT2D eigenvalue weighted by atomic mass is 9.80. The Morgan fingerprint density at radius 2 is 2.04 bits per heavy atom. The van der Waals surface area contributed by atoms with Crippen molar-refractivity contribution in [2.45, 2.75) is 26.3 Å². The zero-order chi connectivity index (χ0) is 16.4. The van der Waals surface area contributed by atoms with Crippen LogP contribution in [0.5, 0.6) is 0 Å². The average molecular weight is 306 g/mol. The molecule has 0 bridgehead atoms. The van der Waals surface area contributed by atoms with Gasteiger partial charge in [-0.15, -0.1) is 0 Å². The van der Waals surface area contributed by atoms with Gasteiger partial charge < -0.3 is 5.32 Å². The molecule has 116 valence electrons. The second-order valence-electron chi connectivity index (χ2n) is 7.02. The number of nitro benzene ring substituents is 1. The predicted molar refractivity (Wildman–Crippen MR) is 91.6 cm³/mol. The van der Waals surface area contributed by atoms with Gasteiger partial charge in [0.05, 0.1) is 4.92 Å². The number of rotatable bonds is 1. The number of nitro groups is 1. The van der Waals surface area contributed by atoms with Gasteiger partial charge >= 0.3 is 0 Å². The Hall–Kier alpha value is -2.62. The lowest BCUT2D eigenvalue weighted by Gasteiger charge is -2.38. The van der Waals surface area contributed by atoms with E-state index in [1.54, 1.807) is 12.1 Å². The monoisotopic (exact) mass is 306 g/mol. The van der Waals surface area contributed by atoms with Crippen LogP contribution in [0, 0.1) is 16.0 Å². The standard InChI is InChI=1S/C19H18N2O2/c1-11-10-19(2,3)20-18-8-13-6-12-7-14(21(22)23)4-5-15(12)17(13)9-16(11)18/h4-10,16,20H,1-3H3. The van der Waals surface area contributed by atoms with E-state index in [-0.39, 0.29) is 22.1 Å². The number of allylic oxidation sites excluding steroid dienone is 4. The second-order valence-corrected chi connectivity index (χ2v) is 7.02. The van der Waals surface area contributed by atoms with Crippen molar-refractivity contribution in [2.24, 2.45) is 5.92 Å². The van der Waals surface area contributed by atoms with Crippen molar-refractivity contribution in [3.8, 4) is 0 Å². The number of nitrogens with zero attached hydrogens (tertiary/aromatic N) is 1. The highest BCUT2D eigenvalue weighted by Gasteiger charge is 2.32. The molecular weight excluding hydrogens is 288 g/mol. The first-order valence-corrected chi connectivity index (χ1v) is 7.76. The van der Waals surface area contributed by atoms with Gasteiger partial charge in [-0.05, 0) is 61.3 Å². The maximum Gasteiger partial charge on any atom is 0.270 e. The van der Waals surface area contributed by atoms with Crippen LogP contribution in [0.1, 0.15) is 31.9 Å². The molecule has 0 saturated carbocycles. The van der Waals surface area contributed by atoms with E-state index in [1.165, 1.54) is 16.8 Å². The number of fused-ring (bicyclic) bond motifs is 4. The minimum absolute atomic E-state index is 0.0530. The van der Waals surface area contributed by atoms with Gasteiger partial charge in [0, 0.05) is 29.3 Å². The summed E-state index contributed by atoms with van der Waals surface area (Å²) in [5, 5.41) is 14.6. The molecule has 23 heavy (non-hydrogen) atoms. The Bertz CT molecular complexity index is 869. The van der Waals surface area contributed by atoms with E-state index in [4.69, 9.17) is 0 Å². The number of hydrogen-bond donors (Lipinski definition) is 1. The zero-order valence-corrected chi connectivity index (χ0v) is 13.4. The molecule has 1 heterocycles. The van der Waals surface area contributed by atoms with E-state index < -0.39 is 0 Å². The van der Waals surface area contributed by atoms with E-state index >= 15 is 0 Å². The first-order chi connectivity index (χ1) is 10.8. The van der Waals surface area contributed by atoms with Crippen molar-refractivity contribution in [1.29, 1.82) is 0 Å². The molecule has 3 aliphatic rings. The summed E-state index contributed by atoms with van der Waals surface area (Å²) in [6, 6.07) is 5.10. The number of benzene rings is 1. The highest BCUT2D eigenvalue weighted by Crippen LogP contribution is 2.45. The summed E-state index contributed by atoms with van der Waals surface area (Å²) in [6.45, 7) is 6.49. The molecule has 4 rings (SSSR count). The predicted octanol–water partition coefficient (Wildman–Crippen LogP) is 4.22. The van der Waals surface area contributed by atoms with Gasteiger partial charge in [0.2, 0.25) is 0 Å². The third-order valence-electron chi connectivity index (χ3n) is 4.68. The summed E-state index contributed by atoms with van der Waals surface area (Å²) in [5.41, 5.74) is 6.94. The van der Waals surface area contributed by atoms with E-state index in [0.29, 0.717) is 0 Å².